The lowest BCUT2D eigenvalue weighted by Gasteiger charge is -2.06. The van der Waals surface area contributed by atoms with Crippen molar-refractivity contribution in [3.63, 3.8) is 0 Å². The Balaban J connectivity index is 1.81. The first-order chi connectivity index (χ1) is 10.1. The molecule has 9 heteroatoms. The first kappa shape index (κ1) is 13.5. The molecule has 0 atom stereocenters. The van der Waals surface area contributed by atoms with Crippen molar-refractivity contribution in [1.82, 2.24) is 34.5 Å². The Kier molecular flexibility index (Phi) is 3.53. The summed E-state index contributed by atoms with van der Waals surface area (Å²) in [6.45, 7) is 2.55. The summed E-state index contributed by atoms with van der Waals surface area (Å²) in [4.78, 5) is 12.4. The maximum Gasteiger partial charge on any atom is 0.256 e. The summed E-state index contributed by atoms with van der Waals surface area (Å²) in [5, 5.41) is 11.5. The van der Waals surface area contributed by atoms with Crippen molar-refractivity contribution in [3.8, 4) is 5.95 Å². The third-order valence-electron chi connectivity index (χ3n) is 3.08. The topological polar surface area (TPSA) is 86.3 Å². The monoisotopic (exact) mass is 304 g/mol. The van der Waals surface area contributed by atoms with Gasteiger partial charge in [0.15, 0.2) is 0 Å². The molecular formula is C12H13ClN8. The molecule has 0 fully saturated rings. The molecule has 0 saturated heterocycles. The smallest absolute Gasteiger partial charge is 0.256 e. The fourth-order valence-electron chi connectivity index (χ4n) is 1.80. The van der Waals surface area contributed by atoms with E-state index in [1.807, 2.05) is 18.7 Å². The largest absolute Gasteiger partial charge is 0.350 e. The van der Waals surface area contributed by atoms with Crippen molar-refractivity contribution in [1.29, 1.82) is 0 Å². The van der Waals surface area contributed by atoms with Gasteiger partial charge in [-0.25, -0.2) is 4.68 Å². The minimum Gasteiger partial charge on any atom is -0.350 e. The molecule has 3 rings (SSSR count). The summed E-state index contributed by atoms with van der Waals surface area (Å²) in [6.07, 6.45) is 5.18. The van der Waals surface area contributed by atoms with Crippen molar-refractivity contribution in [3.05, 3.63) is 41.2 Å². The Morgan fingerprint density at radius 3 is 2.76 bits per heavy atom. The Morgan fingerprint density at radius 1 is 1.24 bits per heavy atom. The van der Waals surface area contributed by atoms with Crippen molar-refractivity contribution >= 4 is 17.5 Å². The Bertz CT molecular complexity index is 749. The first-order valence-corrected chi connectivity index (χ1v) is 6.64. The second kappa shape index (κ2) is 5.49. The molecule has 0 amide bonds. The molecule has 3 aromatic rings. The predicted molar refractivity (Wildman–Crippen MR) is 77.2 cm³/mol. The van der Waals surface area contributed by atoms with E-state index in [0.29, 0.717) is 18.4 Å². The fourth-order valence-corrected chi connectivity index (χ4v) is 1.96. The number of aryl methyl sites for hydroxylation is 1. The summed E-state index contributed by atoms with van der Waals surface area (Å²) in [5.41, 5.74) is 2.14. The molecular weight excluding hydrogens is 292 g/mol. The summed E-state index contributed by atoms with van der Waals surface area (Å²) >= 11 is 5.92. The van der Waals surface area contributed by atoms with E-state index in [0.717, 1.165) is 11.3 Å². The highest BCUT2D eigenvalue weighted by atomic mass is 35.5. The van der Waals surface area contributed by atoms with Gasteiger partial charge in [-0.3, -0.25) is 4.68 Å². The molecule has 0 aromatic carbocycles. The lowest BCUT2D eigenvalue weighted by Crippen LogP contribution is -2.09. The molecule has 0 radical (unpaired) electrons. The molecule has 0 aliphatic rings. The van der Waals surface area contributed by atoms with Gasteiger partial charge in [0.05, 0.1) is 6.20 Å². The molecule has 8 nitrogen and oxygen atoms in total. The molecule has 108 valence electrons. The van der Waals surface area contributed by atoms with Gasteiger partial charge in [-0.1, -0.05) is 0 Å². The van der Waals surface area contributed by atoms with E-state index in [2.05, 4.69) is 30.5 Å². The molecule has 1 N–H and O–H groups in total. The van der Waals surface area contributed by atoms with Crippen LogP contribution in [0.15, 0.2) is 24.7 Å². The van der Waals surface area contributed by atoms with E-state index in [9.17, 15) is 0 Å². The molecule has 3 heterocycles. The van der Waals surface area contributed by atoms with Crippen molar-refractivity contribution in [2.45, 2.75) is 13.5 Å². The zero-order valence-electron chi connectivity index (χ0n) is 11.5. The van der Waals surface area contributed by atoms with Crippen LogP contribution >= 0.6 is 11.6 Å². The Hall–Kier alpha value is -2.48. The minimum atomic E-state index is 0.112. The molecule has 0 unspecified atom stereocenters. The Morgan fingerprint density at radius 2 is 2.10 bits per heavy atom. The first-order valence-electron chi connectivity index (χ1n) is 6.26. The zero-order valence-corrected chi connectivity index (χ0v) is 12.3. The molecule has 3 aromatic heterocycles. The molecule has 0 bridgehead atoms. The number of anilines is 1. The quantitative estimate of drug-likeness (QED) is 0.783. The van der Waals surface area contributed by atoms with Gasteiger partial charge in [-0.15, -0.1) is 0 Å². The average molecular weight is 305 g/mol. The summed E-state index contributed by atoms with van der Waals surface area (Å²) < 4.78 is 3.33. The predicted octanol–water partition coefficient (Wildman–Crippen LogP) is 1.36. The van der Waals surface area contributed by atoms with Crippen LogP contribution in [0, 0.1) is 6.92 Å². The molecule has 0 aliphatic heterocycles. The number of nitrogens with zero attached hydrogens (tertiary/aromatic N) is 7. The van der Waals surface area contributed by atoms with Crippen LogP contribution in [0.25, 0.3) is 5.95 Å². The summed E-state index contributed by atoms with van der Waals surface area (Å²) in [5.74, 6) is 0.758. The number of hydrogen-bond donors (Lipinski definition) is 1. The van der Waals surface area contributed by atoms with Crippen LogP contribution in [0.4, 0.5) is 5.95 Å². The molecule has 21 heavy (non-hydrogen) atoms. The normalized spacial score (nSPS) is 10.8. The standard InChI is InChI=1S/C12H13ClN8/c1-8-9(7-16-20(8)2)6-14-11-17-10(13)18-12(19-11)21-5-3-4-15-21/h3-5,7H,6H2,1-2H3,(H,14,17,18,19). The van der Waals surface area contributed by atoms with Gasteiger partial charge in [-0.05, 0) is 24.6 Å². The second-order valence-electron chi connectivity index (χ2n) is 4.41. The zero-order chi connectivity index (χ0) is 14.8. The van der Waals surface area contributed by atoms with Gasteiger partial charge in [0.1, 0.15) is 0 Å². The number of rotatable bonds is 4. The highest BCUT2D eigenvalue weighted by molar-refractivity contribution is 6.28. The summed E-state index contributed by atoms with van der Waals surface area (Å²) in [7, 11) is 1.90. The van der Waals surface area contributed by atoms with Crippen molar-refractivity contribution < 1.29 is 0 Å². The molecule has 0 spiro atoms. The number of hydrogen-bond acceptors (Lipinski definition) is 6. The number of nitrogens with one attached hydrogen (secondary N) is 1. The van der Waals surface area contributed by atoms with E-state index in [1.165, 1.54) is 4.68 Å². The molecule has 0 aliphatic carbocycles. The van der Waals surface area contributed by atoms with Crippen LogP contribution in [-0.4, -0.2) is 34.5 Å². The van der Waals surface area contributed by atoms with Gasteiger partial charge in [0.2, 0.25) is 11.2 Å². The van der Waals surface area contributed by atoms with Gasteiger partial charge in [-0.2, -0.15) is 25.1 Å². The van der Waals surface area contributed by atoms with Crippen LogP contribution in [0.3, 0.4) is 0 Å². The van der Waals surface area contributed by atoms with E-state index in [-0.39, 0.29) is 5.28 Å². The maximum absolute atomic E-state index is 5.92. The SMILES string of the molecule is Cc1c(CNc2nc(Cl)nc(-n3cccn3)n2)cnn1C. The van der Waals surface area contributed by atoms with E-state index >= 15 is 0 Å². The summed E-state index contributed by atoms with van der Waals surface area (Å²) in [6, 6.07) is 1.78. The van der Waals surface area contributed by atoms with Crippen LogP contribution in [0.2, 0.25) is 5.28 Å². The highest BCUT2D eigenvalue weighted by Gasteiger charge is 2.08. The number of halogens is 1. The third kappa shape index (κ3) is 2.84. The van der Waals surface area contributed by atoms with Crippen LogP contribution in [-0.2, 0) is 13.6 Å². The van der Waals surface area contributed by atoms with E-state index < -0.39 is 0 Å². The second-order valence-corrected chi connectivity index (χ2v) is 4.75. The van der Waals surface area contributed by atoms with Gasteiger partial charge in [0, 0.05) is 37.2 Å². The lowest BCUT2D eigenvalue weighted by atomic mass is 10.2. The van der Waals surface area contributed by atoms with Crippen LogP contribution in [0.1, 0.15) is 11.3 Å². The highest BCUT2D eigenvalue weighted by Crippen LogP contribution is 2.11. The van der Waals surface area contributed by atoms with Gasteiger partial charge < -0.3 is 5.32 Å². The lowest BCUT2D eigenvalue weighted by molar-refractivity contribution is 0.738. The van der Waals surface area contributed by atoms with E-state index in [1.54, 1.807) is 24.7 Å². The fraction of sp³-hybridized carbons (Fsp3) is 0.250. The van der Waals surface area contributed by atoms with Crippen LogP contribution in [0.5, 0.6) is 0 Å². The Labute approximate surface area is 125 Å². The van der Waals surface area contributed by atoms with Crippen molar-refractivity contribution in [2.75, 3.05) is 5.32 Å². The van der Waals surface area contributed by atoms with Gasteiger partial charge in [0.25, 0.3) is 5.95 Å². The minimum absolute atomic E-state index is 0.112. The van der Waals surface area contributed by atoms with Crippen molar-refractivity contribution in [2.24, 2.45) is 7.05 Å². The van der Waals surface area contributed by atoms with Gasteiger partial charge >= 0.3 is 0 Å². The number of aromatic nitrogens is 7. The average Bonchev–Trinajstić information content (AvgIpc) is 3.09. The van der Waals surface area contributed by atoms with E-state index in [4.69, 9.17) is 11.6 Å². The van der Waals surface area contributed by atoms with Crippen LogP contribution < -0.4 is 5.32 Å². The third-order valence-corrected chi connectivity index (χ3v) is 3.25. The molecule has 0 saturated carbocycles. The maximum atomic E-state index is 5.92.